The average Bonchev–Trinajstić information content (AvgIpc) is 2.78. The van der Waals surface area contributed by atoms with Gasteiger partial charge < -0.3 is 10.1 Å². The smallest absolute Gasteiger partial charge is 0.243 e. The third kappa shape index (κ3) is 5.61. The second-order valence-corrected chi connectivity index (χ2v) is 9.61. The van der Waals surface area contributed by atoms with Crippen molar-refractivity contribution in [2.24, 2.45) is 0 Å². The largest absolute Gasteiger partial charge is 0.497 e. The molecule has 0 radical (unpaired) electrons. The Morgan fingerprint density at radius 1 is 1.03 bits per heavy atom. The van der Waals surface area contributed by atoms with Gasteiger partial charge in [0, 0.05) is 19.5 Å². The van der Waals surface area contributed by atoms with Crippen molar-refractivity contribution in [2.45, 2.75) is 50.0 Å². The van der Waals surface area contributed by atoms with Gasteiger partial charge in [0.1, 0.15) is 5.75 Å². The highest BCUT2D eigenvalue weighted by atomic mass is 32.2. The first-order chi connectivity index (χ1) is 14.4. The molecule has 0 saturated carbocycles. The highest BCUT2D eigenvalue weighted by molar-refractivity contribution is 7.89. The first kappa shape index (κ1) is 22.3. The molecule has 2 aromatic carbocycles. The lowest BCUT2D eigenvalue weighted by molar-refractivity contribution is -0.121. The maximum atomic E-state index is 12.7. The summed E-state index contributed by atoms with van der Waals surface area (Å²) in [4.78, 5) is 12.6. The monoisotopic (exact) mass is 430 g/mol. The summed E-state index contributed by atoms with van der Waals surface area (Å²) in [6, 6.07) is 14.4. The topological polar surface area (TPSA) is 75.7 Å². The van der Waals surface area contributed by atoms with E-state index in [1.807, 2.05) is 31.2 Å². The van der Waals surface area contributed by atoms with Crippen LogP contribution in [0.15, 0.2) is 53.4 Å². The molecule has 0 bridgehead atoms. The lowest BCUT2D eigenvalue weighted by atomic mass is 10.1. The fraction of sp³-hybridized carbons (Fsp3) is 0.435. The quantitative estimate of drug-likeness (QED) is 0.693. The molecular formula is C23H30N2O4S. The molecular weight excluding hydrogens is 400 g/mol. The minimum atomic E-state index is -3.42. The van der Waals surface area contributed by atoms with Crippen LogP contribution < -0.4 is 10.1 Å². The summed E-state index contributed by atoms with van der Waals surface area (Å²) in [5.41, 5.74) is 1.95. The van der Waals surface area contributed by atoms with E-state index in [0.29, 0.717) is 30.8 Å². The third-order valence-corrected chi connectivity index (χ3v) is 7.42. The third-order valence-electron chi connectivity index (χ3n) is 5.51. The molecule has 1 heterocycles. The Bertz CT molecular complexity index is 934. The van der Waals surface area contributed by atoms with E-state index >= 15 is 0 Å². The van der Waals surface area contributed by atoms with Gasteiger partial charge in [-0.2, -0.15) is 4.31 Å². The van der Waals surface area contributed by atoms with E-state index in [2.05, 4.69) is 5.32 Å². The number of aryl methyl sites for hydroxylation is 1. The summed E-state index contributed by atoms with van der Waals surface area (Å²) >= 11 is 0. The summed E-state index contributed by atoms with van der Waals surface area (Å²) in [6.45, 7) is 3.13. The minimum Gasteiger partial charge on any atom is -0.497 e. The first-order valence-corrected chi connectivity index (χ1v) is 11.9. The van der Waals surface area contributed by atoms with Crippen molar-refractivity contribution in [3.8, 4) is 5.75 Å². The molecule has 1 aliphatic rings. The second kappa shape index (κ2) is 10.1. The number of benzene rings is 2. The summed E-state index contributed by atoms with van der Waals surface area (Å²) in [5.74, 6) is 0.742. The lowest BCUT2D eigenvalue weighted by Gasteiger charge is -2.25. The normalized spacial score (nSPS) is 16.1. The van der Waals surface area contributed by atoms with E-state index in [0.717, 1.165) is 36.1 Å². The fourth-order valence-corrected chi connectivity index (χ4v) is 5.15. The number of sulfonamides is 1. The second-order valence-electron chi connectivity index (χ2n) is 7.67. The molecule has 1 atom stereocenters. The maximum absolute atomic E-state index is 12.7. The van der Waals surface area contributed by atoms with E-state index in [-0.39, 0.29) is 11.9 Å². The molecule has 1 saturated heterocycles. The van der Waals surface area contributed by atoms with Crippen LogP contribution in [-0.2, 0) is 21.2 Å². The van der Waals surface area contributed by atoms with Gasteiger partial charge in [-0.3, -0.25) is 4.79 Å². The molecule has 6 nitrogen and oxygen atoms in total. The van der Waals surface area contributed by atoms with Gasteiger partial charge in [-0.05, 0) is 61.6 Å². The Kier molecular flexibility index (Phi) is 7.50. The van der Waals surface area contributed by atoms with Gasteiger partial charge in [0.05, 0.1) is 18.0 Å². The van der Waals surface area contributed by atoms with Crippen molar-refractivity contribution in [2.75, 3.05) is 20.2 Å². The van der Waals surface area contributed by atoms with Crippen molar-refractivity contribution >= 4 is 15.9 Å². The summed E-state index contributed by atoms with van der Waals surface area (Å²) in [5, 5.41) is 3.00. The summed E-state index contributed by atoms with van der Waals surface area (Å²) < 4.78 is 32.2. The molecule has 1 fully saturated rings. The van der Waals surface area contributed by atoms with Crippen LogP contribution in [0.3, 0.4) is 0 Å². The number of nitrogens with one attached hydrogen (secondary N) is 1. The van der Waals surface area contributed by atoms with Crippen molar-refractivity contribution in [3.05, 3.63) is 59.7 Å². The molecule has 1 amide bonds. The molecule has 30 heavy (non-hydrogen) atoms. The fourth-order valence-electron chi connectivity index (χ4n) is 3.63. The van der Waals surface area contributed by atoms with E-state index in [4.69, 9.17) is 4.74 Å². The van der Waals surface area contributed by atoms with Crippen LogP contribution in [0.5, 0.6) is 5.75 Å². The number of methoxy groups -OCH3 is 1. The maximum Gasteiger partial charge on any atom is 0.243 e. The minimum absolute atomic E-state index is 0.0386. The molecule has 7 heteroatoms. The number of ether oxygens (including phenoxy) is 1. The number of carbonyl (C=O) groups excluding carboxylic acids is 1. The zero-order valence-corrected chi connectivity index (χ0v) is 18.5. The van der Waals surface area contributed by atoms with Crippen molar-refractivity contribution in [1.29, 1.82) is 0 Å². The van der Waals surface area contributed by atoms with Crippen LogP contribution in [-0.4, -0.2) is 38.8 Å². The molecule has 1 unspecified atom stereocenters. The number of amides is 1. The predicted octanol–water partition coefficient (Wildman–Crippen LogP) is 3.68. The van der Waals surface area contributed by atoms with Crippen molar-refractivity contribution in [3.63, 3.8) is 0 Å². The number of hydrogen-bond donors (Lipinski definition) is 1. The number of nitrogens with zero attached hydrogens (tertiary/aromatic N) is 1. The molecule has 1 aliphatic heterocycles. The van der Waals surface area contributed by atoms with Crippen LogP contribution in [0, 0.1) is 0 Å². The number of piperidine rings is 1. The van der Waals surface area contributed by atoms with Crippen molar-refractivity contribution in [1.82, 2.24) is 9.62 Å². The molecule has 1 N–H and O–H groups in total. The Balaban J connectivity index is 1.52. The Morgan fingerprint density at radius 2 is 1.67 bits per heavy atom. The zero-order chi connectivity index (χ0) is 21.6. The van der Waals surface area contributed by atoms with E-state index in [9.17, 15) is 13.2 Å². The van der Waals surface area contributed by atoms with Gasteiger partial charge in [-0.15, -0.1) is 0 Å². The van der Waals surface area contributed by atoms with E-state index < -0.39 is 10.0 Å². The lowest BCUT2D eigenvalue weighted by Crippen LogP contribution is -2.35. The summed E-state index contributed by atoms with van der Waals surface area (Å²) in [7, 11) is -1.80. The number of carbonyl (C=O) groups is 1. The molecule has 3 rings (SSSR count). The van der Waals surface area contributed by atoms with Gasteiger partial charge in [0.15, 0.2) is 0 Å². The molecule has 162 valence electrons. The average molecular weight is 431 g/mol. The zero-order valence-electron chi connectivity index (χ0n) is 17.6. The molecule has 0 aliphatic carbocycles. The molecule has 0 aromatic heterocycles. The Labute approximate surface area is 179 Å². The highest BCUT2D eigenvalue weighted by Gasteiger charge is 2.25. The van der Waals surface area contributed by atoms with Gasteiger partial charge in [-0.25, -0.2) is 8.42 Å². The Hall–Kier alpha value is -2.38. The SMILES string of the molecule is COc1ccc(C(C)NC(=O)CCc2ccc(S(=O)(=O)N3CCCCC3)cc2)cc1. The summed E-state index contributed by atoms with van der Waals surface area (Å²) in [6.07, 6.45) is 3.83. The number of rotatable bonds is 8. The van der Waals surface area contributed by atoms with Crippen LogP contribution in [0.25, 0.3) is 0 Å². The van der Waals surface area contributed by atoms with Crippen LogP contribution >= 0.6 is 0 Å². The highest BCUT2D eigenvalue weighted by Crippen LogP contribution is 2.21. The standard InChI is InChI=1S/C23H30N2O4S/c1-18(20-9-11-21(29-2)12-10-20)24-23(26)15-8-19-6-13-22(14-7-19)30(27,28)25-16-4-3-5-17-25/h6-7,9-14,18H,3-5,8,15-17H2,1-2H3,(H,24,26). The Morgan fingerprint density at radius 3 is 2.27 bits per heavy atom. The van der Waals surface area contributed by atoms with E-state index in [1.54, 1.807) is 35.7 Å². The predicted molar refractivity (Wildman–Crippen MR) is 117 cm³/mol. The van der Waals surface area contributed by atoms with Gasteiger partial charge >= 0.3 is 0 Å². The van der Waals surface area contributed by atoms with Crippen LogP contribution in [0.1, 0.15) is 49.8 Å². The van der Waals surface area contributed by atoms with Crippen LogP contribution in [0.2, 0.25) is 0 Å². The van der Waals surface area contributed by atoms with E-state index in [1.165, 1.54) is 0 Å². The number of hydrogen-bond acceptors (Lipinski definition) is 4. The van der Waals surface area contributed by atoms with Gasteiger partial charge in [-0.1, -0.05) is 30.7 Å². The van der Waals surface area contributed by atoms with Gasteiger partial charge in [0.25, 0.3) is 0 Å². The molecule has 2 aromatic rings. The molecule has 0 spiro atoms. The van der Waals surface area contributed by atoms with Crippen LogP contribution in [0.4, 0.5) is 0 Å². The van der Waals surface area contributed by atoms with Crippen molar-refractivity contribution < 1.29 is 17.9 Å². The van der Waals surface area contributed by atoms with Gasteiger partial charge in [0.2, 0.25) is 15.9 Å². The first-order valence-electron chi connectivity index (χ1n) is 10.4.